The highest BCUT2D eigenvalue weighted by Gasteiger charge is 2.15. The van der Waals surface area contributed by atoms with Crippen LogP contribution in [-0.2, 0) is 0 Å². The van der Waals surface area contributed by atoms with Gasteiger partial charge in [-0.3, -0.25) is 9.78 Å². The number of carbonyl (C=O) groups is 1. The van der Waals surface area contributed by atoms with Gasteiger partial charge in [0.1, 0.15) is 19.0 Å². The Labute approximate surface area is 160 Å². The summed E-state index contributed by atoms with van der Waals surface area (Å²) in [6.45, 7) is 1.00. The van der Waals surface area contributed by atoms with E-state index >= 15 is 0 Å². The fraction of sp³-hybridized carbons (Fsp3) is 0.0952. The molecule has 7 heteroatoms. The number of benzene rings is 2. The van der Waals surface area contributed by atoms with E-state index in [1.54, 1.807) is 30.6 Å². The van der Waals surface area contributed by atoms with Crippen LogP contribution in [0.3, 0.4) is 0 Å². The van der Waals surface area contributed by atoms with Crippen molar-refractivity contribution in [2.24, 2.45) is 0 Å². The molecule has 1 aliphatic rings. The molecule has 2 aromatic carbocycles. The Bertz CT molecular complexity index is 1130. The van der Waals surface area contributed by atoms with Crippen LogP contribution in [0.2, 0.25) is 0 Å². The van der Waals surface area contributed by atoms with Gasteiger partial charge in [0, 0.05) is 23.0 Å². The van der Waals surface area contributed by atoms with E-state index in [-0.39, 0.29) is 5.91 Å². The third-order valence-electron chi connectivity index (χ3n) is 4.50. The number of hydrogen-bond acceptors (Lipinski definition) is 5. The summed E-state index contributed by atoms with van der Waals surface area (Å²) in [5, 5.41) is 2.89. The number of rotatable bonds is 3. The number of aromatic nitrogens is 3. The minimum absolute atomic E-state index is 0.209. The first-order valence-electron chi connectivity index (χ1n) is 8.87. The minimum Gasteiger partial charge on any atom is -0.486 e. The Kier molecular flexibility index (Phi) is 3.90. The molecule has 3 heterocycles. The Balaban J connectivity index is 1.34. The van der Waals surface area contributed by atoms with Gasteiger partial charge in [-0.1, -0.05) is 0 Å². The lowest BCUT2D eigenvalue weighted by atomic mass is 10.1. The average Bonchev–Trinajstić information content (AvgIpc) is 3.18. The molecule has 28 heavy (non-hydrogen) atoms. The first kappa shape index (κ1) is 16.3. The largest absolute Gasteiger partial charge is 0.486 e. The van der Waals surface area contributed by atoms with Crippen molar-refractivity contribution in [1.29, 1.82) is 0 Å². The van der Waals surface area contributed by atoms with Gasteiger partial charge in [0.25, 0.3) is 5.91 Å². The van der Waals surface area contributed by atoms with Crippen LogP contribution in [0.4, 0.5) is 5.69 Å². The second-order valence-corrected chi connectivity index (χ2v) is 6.37. The molecule has 0 atom stereocenters. The van der Waals surface area contributed by atoms with E-state index in [1.807, 2.05) is 30.3 Å². The van der Waals surface area contributed by atoms with Crippen molar-refractivity contribution in [3.8, 4) is 22.9 Å². The van der Waals surface area contributed by atoms with Crippen LogP contribution in [0.25, 0.3) is 22.4 Å². The Hall–Kier alpha value is -3.87. The molecule has 138 valence electrons. The number of nitrogens with zero attached hydrogens (tertiary/aromatic N) is 2. The molecule has 7 nitrogen and oxygen atoms in total. The van der Waals surface area contributed by atoms with Crippen molar-refractivity contribution >= 4 is 22.6 Å². The number of aromatic amines is 1. The molecule has 2 N–H and O–H groups in total. The predicted octanol–water partition coefficient (Wildman–Crippen LogP) is 3.65. The topological polar surface area (TPSA) is 89.1 Å². The maximum absolute atomic E-state index is 12.5. The van der Waals surface area contributed by atoms with Gasteiger partial charge in [-0.2, -0.15) is 0 Å². The molecule has 0 unspecified atom stereocenters. The van der Waals surface area contributed by atoms with Crippen molar-refractivity contribution in [2.75, 3.05) is 18.5 Å². The standard InChI is InChI=1S/C21H16N4O3/c26-21(14-3-6-18-19(11-14)28-10-9-27-18)23-15-4-1-13(2-5-15)20-24-16-7-8-22-12-17(16)25-20/h1-8,11-12H,9-10H2,(H,23,26)(H,24,25). The molecule has 0 saturated carbocycles. The molecule has 0 aliphatic carbocycles. The van der Waals surface area contributed by atoms with Gasteiger partial charge in [0.2, 0.25) is 0 Å². The Morgan fingerprint density at radius 2 is 1.82 bits per heavy atom. The van der Waals surface area contributed by atoms with Crippen LogP contribution in [0.5, 0.6) is 11.5 Å². The second kappa shape index (κ2) is 6.70. The minimum atomic E-state index is -0.209. The molecule has 1 amide bonds. The maximum atomic E-state index is 12.5. The van der Waals surface area contributed by atoms with Gasteiger partial charge >= 0.3 is 0 Å². The molecule has 0 spiro atoms. The smallest absolute Gasteiger partial charge is 0.255 e. The highest BCUT2D eigenvalue weighted by molar-refractivity contribution is 6.04. The summed E-state index contributed by atoms with van der Waals surface area (Å²) < 4.78 is 11.0. The van der Waals surface area contributed by atoms with Gasteiger partial charge in [0.05, 0.1) is 17.2 Å². The molecule has 0 radical (unpaired) electrons. The maximum Gasteiger partial charge on any atom is 0.255 e. The monoisotopic (exact) mass is 372 g/mol. The molecule has 4 aromatic rings. The lowest BCUT2D eigenvalue weighted by Crippen LogP contribution is -2.17. The Morgan fingerprint density at radius 1 is 1.00 bits per heavy atom. The number of imidazole rings is 1. The van der Waals surface area contributed by atoms with Crippen molar-refractivity contribution < 1.29 is 14.3 Å². The molecule has 1 aliphatic heterocycles. The number of hydrogen-bond donors (Lipinski definition) is 2. The van der Waals surface area contributed by atoms with Crippen molar-refractivity contribution in [1.82, 2.24) is 15.0 Å². The highest BCUT2D eigenvalue weighted by atomic mass is 16.6. The van der Waals surface area contributed by atoms with Crippen LogP contribution in [-0.4, -0.2) is 34.1 Å². The number of anilines is 1. The molecule has 2 aromatic heterocycles. The lowest BCUT2D eigenvalue weighted by Gasteiger charge is -2.18. The summed E-state index contributed by atoms with van der Waals surface area (Å²) >= 11 is 0. The van der Waals surface area contributed by atoms with Crippen LogP contribution in [0, 0.1) is 0 Å². The average molecular weight is 372 g/mol. The number of nitrogens with one attached hydrogen (secondary N) is 2. The number of H-pyrrole nitrogens is 1. The fourth-order valence-corrected chi connectivity index (χ4v) is 3.09. The van der Waals surface area contributed by atoms with Crippen molar-refractivity contribution in [3.63, 3.8) is 0 Å². The van der Waals surface area contributed by atoms with E-state index in [0.717, 1.165) is 22.4 Å². The van der Waals surface area contributed by atoms with E-state index in [1.165, 1.54) is 0 Å². The van der Waals surface area contributed by atoms with Crippen LogP contribution >= 0.6 is 0 Å². The molecular formula is C21H16N4O3. The van der Waals surface area contributed by atoms with Crippen LogP contribution < -0.4 is 14.8 Å². The fourth-order valence-electron chi connectivity index (χ4n) is 3.09. The number of fused-ring (bicyclic) bond motifs is 2. The Morgan fingerprint density at radius 3 is 2.64 bits per heavy atom. The summed E-state index contributed by atoms with van der Waals surface area (Å²) in [5.74, 6) is 1.80. The summed E-state index contributed by atoms with van der Waals surface area (Å²) in [4.78, 5) is 24.4. The number of ether oxygens (including phenoxy) is 2. The number of pyridine rings is 1. The van der Waals surface area contributed by atoms with Crippen molar-refractivity contribution in [3.05, 3.63) is 66.5 Å². The summed E-state index contributed by atoms with van der Waals surface area (Å²) in [5.41, 5.74) is 3.88. The zero-order valence-electron chi connectivity index (χ0n) is 14.8. The third kappa shape index (κ3) is 3.03. The van der Waals surface area contributed by atoms with Gasteiger partial charge in [-0.15, -0.1) is 0 Å². The quantitative estimate of drug-likeness (QED) is 0.573. The van der Waals surface area contributed by atoms with Gasteiger partial charge in [-0.05, 0) is 48.5 Å². The van der Waals surface area contributed by atoms with E-state index in [4.69, 9.17) is 9.47 Å². The molecule has 0 fully saturated rings. The number of carbonyl (C=O) groups excluding carboxylic acids is 1. The second-order valence-electron chi connectivity index (χ2n) is 6.37. The number of amides is 1. The normalized spacial score (nSPS) is 12.7. The molecular weight excluding hydrogens is 356 g/mol. The zero-order valence-corrected chi connectivity index (χ0v) is 14.8. The molecule has 5 rings (SSSR count). The van der Waals surface area contributed by atoms with Gasteiger partial charge in [0.15, 0.2) is 11.5 Å². The van der Waals surface area contributed by atoms with Crippen LogP contribution in [0.15, 0.2) is 60.9 Å². The van der Waals surface area contributed by atoms with Crippen LogP contribution in [0.1, 0.15) is 10.4 Å². The van der Waals surface area contributed by atoms with E-state index < -0.39 is 0 Å². The van der Waals surface area contributed by atoms with Gasteiger partial charge < -0.3 is 19.8 Å². The SMILES string of the molecule is O=C(Nc1ccc(-c2nc3ccncc3[nH]2)cc1)c1ccc2c(c1)OCCO2. The molecule has 0 bridgehead atoms. The van der Waals surface area contributed by atoms with E-state index in [9.17, 15) is 4.79 Å². The predicted molar refractivity (Wildman–Crippen MR) is 105 cm³/mol. The zero-order chi connectivity index (χ0) is 18.9. The first-order chi connectivity index (χ1) is 13.8. The van der Waals surface area contributed by atoms with E-state index in [0.29, 0.717) is 36.0 Å². The first-order valence-corrected chi connectivity index (χ1v) is 8.87. The third-order valence-corrected chi connectivity index (χ3v) is 4.50. The highest BCUT2D eigenvalue weighted by Crippen LogP contribution is 2.31. The van der Waals surface area contributed by atoms with Gasteiger partial charge in [-0.25, -0.2) is 4.98 Å². The van der Waals surface area contributed by atoms with E-state index in [2.05, 4.69) is 20.3 Å². The van der Waals surface area contributed by atoms with Crippen molar-refractivity contribution in [2.45, 2.75) is 0 Å². The summed E-state index contributed by atoms with van der Waals surface area (Å²) in [6.07, 6.45) is 3.46. The summed E-state index contributed by atoms with van der Waals surface area (Å²) in [6, 6.07) is 14.5. The lowest BCUT2D eigenvalue weighted by molar-refractivity contribution is 0.102. The molecule has 0 saturated heterocycles. The summed E-state index contributed by atoms with van der Waals surface area (Å²) in [7, 11) is 0.